The molecular weight excluding hydrogens is 210 g/mol. The molecule has 1 aliphatic rings. The van der Waals surface area contributed by atoms with Crippen LogP contribution in [-0.4, -0.2) is 42.1 Å². The lowest BCUT2D eigenvalue weighted by molar-refractivity contribution is -0.120. The van der Waals surface area contributed by atoms with E-state index in [1.165, 1.54) is 0 Å². The number of unbranched alkanes of at least 4 members (excludes halogenated alkanes) is 1. The molecule has 4 nitrogen and oxygen atoms in total. The summed E-state index contributed by atoms with van der Waals surface area (Å²) in [6.07, 6.45) is 2.83. The number of hydrogen-bond acceptors (Lipinski definition) is 2. The zero-order valence-corrected chi connectivity index (χ0v) is 10.0. The van der Waals surface area contributed by atoms with E-state index >= 15 is 0 Å². The first-order valence-electron chi connectivity index (χ1n) is 5.53. The number of nitrogens with zero attached hydrogens (tertiary/aromatic N) is 1. The maximum absolute atomic E-state index is 11.1. The first kappa shape index (κ1) is 12.2. The predicted molar refractivity (Wildman–Crippen MR) is 64.7 cm³/mol. The summed E-state index contributed by atoms with van der Waals surface area (Å²) in [6, 6.07) is 0. The van der Waals surface area contributed by atoms with Crippen LogP contribution in [-0.2, 0) is 4.79 Å². The van der Waals surface area contributed by atoms with Gasteiger partial charge >= 0.3 is 0 Å². The maximum Gasteiger partial charge on any atom is 0.221 e. The van der Waals surface area contributed by atoms with E-state index < -0.39 is 0 Å². The summed E-state index contributed by atoms with van der Waals surface area (Å²) >= 11 is 5.26. The molecule has 0 bridgehead atoms. The number of nitrogens with one attached hydrogen (secondary N) is 2. The van der Waals surface area contributed by atoms with Crippen LogP contribution in [0.2, 0.25) is 0 Å². The van der Waals surface area contributed by atoms with Crippen molar-refractivity contribution in [3.63, 3.8) is 0 Å². The Morgan fingerprint density at radius 1 is 1.60 bits per heavy atom. The minimum atomic E-state index is 0.119. The molecule has 0 aromatic heterocycles. The van der Waals surface area contributed by atoms with Crippen LogP contribution in [0.1, 0.15) is 26.2 Å². The van der Waals surface area contributed by atoms with Gasteiger partial charge < -0.3 is 15.5 Å². The second-order valence-corrected chi connectivity index (χ2v) is 4.06. The number of amides is 1. The molecule has 1 heterocycles. The number of carbonyl (C=O) groups is 1. The van der Waals surface area contributed by atoms with Crippen LogP contribution in [0.3, 0.4) is 0 Å². The van der Waals surface area contributed by atoms with E-state index in [1.54, 1.807) is 0 Å². The van der Waals surface area contributed by atoms with E-state index in [-0.39, 0.29) is 5.91 Å². The maximum atomic E-state index is 11.1. The standard InChI is InChI=1S/C10H19N3OS/c1-2-3-5-12-10(15)13-7-4-9(14)11-6-8-13/h2-8H2,1H3,(H,11,14)(H,12,15). The molecule has 1 aliphatic heterocycles. The number of rotatable bonds is 3. The van der Waals surface area contributed by atoms with Gasteiger partial charge in [-0.2, -0.15) is 0 Å². The van der Waals surface area contributed by atoms with Gasteiger partial charge in [0.2, 0.25) is 5.91 Å². The normalized spacial score (nSPS) is 16.9. The van der Waals surface area contributed by atoms with Gasteiger partial charge in [-0.15, -0.1) is 0 Å². The van der Waals surface area contributed by atoms with Crippen molar-refractivity contribution in [3.05, 3.63) is 0 Å². The van der Waals surface area contributed by atoms with Crippen LogP contribution in [0.15, 0.2) is 0 Å². The summed E-state index contributed by atoms with van der Waals surface area (Å²) in [7, 11) is 0. The highest BCUT2D eigenvalue weighted by Crippen LogP contribution is 1.97. The molecule has 0 aromatic rings. The monoisotopic (exact) mass is 229 g/mol. The molecule has 0 saturated carbocycles. The minimum absolute atomic E-state index is 0.119. The Hall–Kier alpha value is -0.840. The van der Waals surface area contributed by atoms with Crippen molar-refractivity contribution < 1.29 is 4.79 Å². The van der Waals surface area contributed by atoms with Gasteiger partial charge in [0.25, 0.3) is 0 Å². The van der Waals surface area contributed by atoms with Crippen molar-refractivity contribution in [1.29, 1.82) is 0 Å². The zero-order chi connectivity index (χ0) is 11.1. The Balaban J connectivity index is 2.28. The van der Waals surface area contributed by atoms with E-state index in [0.717, 1.165) is 37.6 Å². The fourth-order valence-electron chi connectivity index (χ4n) is 1.45. The highest BCUT2D eigenvalue weighted by Gasteiger charge is 2.14. The fraction of sp³-hybridized carbons (Fsp3) is 0.800. The molecule has 0 aliphatic carbocycles. The summed E-state index contributed by atoms with van der Waals surface area (Å²) in [6.45, 7) is 5.30. The van der Waals surface area contributed by atoms with Crippen molar-refractivity contribution in [3.8, 4) is 0 Å². The molecule has 15 heavy (non-hydrogen) atoms. The van der Waals surface area contributed by atoms with E-state index in [1.807, 2.05) is 0 Å². The van der Waals surface area contributed by atoms with Crippen molar-refractivity contribution in [1.82, 2.24) is 15.5 Å². The van der Waals surface area contributed by atoms with Crippen LogP contribution in [0.5, 0.6) is 0 Å². The highest BCUT2D eigenvalue weighted by molar-refractivity contribution is 7.80. The third-order valence-electron chi connectivity index (χ3n) is 2.41. The van der Waals surface area contributed by atoms with Crippen molar-refractivity contribution >= 4 is 23.2 Å². The van der Waals surface area contributed by atoms with Gasteiger partial charge in [0.1, 0.15) is 0 Å². The average Bonchev–Trinajstić information content (AvgIpc) is 2.43. The summed E-state index contributed by atoms with van der Waals surface area (Å²) in [5.41, 5.74) is 0. The van der Waals surface area contributed by atoms with E-state index in [2.05, 4.69) is 22.5 Å². The SMILES string of the molecule is CCCCNC(=S)N1CCNC(=O)CC1. The Kier molecular flexibility index (Phi) is 5.39. The average molecular weight is 229 g/mol. The largest absolute Gasteiger partial charge is 0.363 e. The lowest BCUT2D eigenvalue weighted by Crippen LogP contribution is -2.41. The molecule has 0 spiro atoms. The third kappa shape index (κ3) is 4.46. The van der Waals surface area contributed by atoms with E-state index in [4.69, 9.17) is 12.2 Å². The topological polar surface area (TPSA) is 44.4 Å². The highest BCUT2D eigenvalue weighted by atomic mass is 32.1. The van der Waals surface area contributed by atoms with Gasteiger partial charge in [0.05, 0.1) is 0 Å². The summed E-state index contributed by atoms with van der Waals surface area (Å²) in [4.78, 5) is 13.2. The molecule has 1 amide bonds. The second kappa shape index (κ2) is 6.61. The van der Waals surface area contributed by atoms with Gasteiger partial charge in [0, 0.05) is 32.6 Å². The van der Waals surface area contributed by atoms with E-state index in [0.29, 0.717) is 13.0 Å². The van der Waals surface area contributed by atoms with Crippen molar-refractivity contribution in [2.45, 2.75) is 26.2 Å². The Morgan fingerprint density at radius 3 is 3.13 bits per heavy atom. The van der Waals surface area contributed by atoms with Gasteiger partial charge in [-0.05, 0) is 18.6 Å². The Morgan fingerprint density at radius 2 is 2.40 bits per heavy atom. The smallest absolute Gasteiger partial charge is 0.221 e. The van der Waals surface area contributed by atoms with Crippen molar-refractivity contribution in [2.75, 3.05) is 26.2 Å². The quantitative estimate of drug-likeness (QED) is 0.546. The zero-order valence-electron chi connectivity index (χ0n) is 9.21. The van der Waals surface area contributed by atoms with Gasteiger partial charge in [-0.25, -0.2) is 0 Å². The fourth-order valence-corrected chi connectivity index (χ4v) is 1.74. The molecule has 86 valence electrons. The van der Waals surface area contributed by atoms with E-state index in [9.17, 15) is 4.79 Å². The molecule has 0 atom stereocenters. The first-order valence-corrected chi connectivity index (χ1v) is 5.94. The molecular formula is C10H19N3OS. The number of carbonyl (C=O) groups excluding carboxylic acids is 1. The number of thiocarbonyl (C=S) groups is 1. The summed E-state index contributed by atoms with van der Waals surface area (Å²) in [5, 5.41) is 6.82. The lowest BCUT2D eigenvalue weighted by atomic mass is 10.3. The third-order valence-corrected chi connectivity index (χ3v) is 2.81. The molecule has 0 radical (unpaired) electrons. The number of hydrogen-bond donors (Lipinski definition) is 2. The minimum Gasteiger partial charge on any atom is -0.363 e. The van der Waals surface area contributed by atoms with Crippen molar-refractivity contribution in [2.24, 2.45) is 0 Å². The first-order chi connectivity index (χ1) is 7.24. The second-order valence-electron chi connectivity index (χ2n) is 3.67. The van der Waals surface area contributed by atoms with Crippen LogP contribution in [0, 0.1) is 0 Å². The molecule has 5 heteroatoms. The molecule has 0 aromatic carbocycles. The van der Waals surface area contributed by atoms with Gasteiger partial charge in [0.15, 0.2) is 5.11 Å². The Bertz CT molecular complexity index is 233. The predicted octanol–water partition coefficient (Wildman–Crippen LogP) is 0.483. The van der Waals surface area contributed by atoms with Crippen LogP contribution in [0.4, 0.5) is 0 Å². The molecule has 0 unspecified atom stereocenters. The van der Waals surface area contributed by atoms with Crippen LogP contribution in [0.25, 0.3) is 0 Å². The van der Waals surface area contributed by atoms with Crippen LogP contribution >= 0.6 is 12.2 Å². The molecule has 1 rings (SSSR count). The molecule has 1 saturated heterocycles. The van der Waals surface area contributed by atoms with Gasteiger partial charge in [-0.3, -0.25) is 4.79 Å². The Labute approximate surface area is 96.4 Å². The van der Waals surface area contributed by atoms with Crippen LogP contribution < -0.4 is 10.6 Å². The molecule has 2 N–H and O–H groups in total. The lowest BCUT2D eigenvalue weighted by Gasteiger charge is -2.23. The van der Waals surface area contributed by atoms with Gasteiger partial charge in [-0.1, -0.05) is 13.3 Å². The molecule has 1 fully saturated rings. The summed E-state index contributed by atoms with van der Waals surface area (Å²) < 4.78 is 0. The summed E-state index contributed by atoms with van der Waals surface area (Å²) in [5.74, 6) is 0.119.